The van der Waals surface area contributed by atoms with E-state index < -0.39 is 0 Å². The maximum atomic E-state index is 10.7. The monoisotopic (exact) mass is 208 g/mol. The van der Waals surface area contributed by atoms with Gasteiger partial charge in [0.05, 0.1) is 6.61 Å². The fourth-order valence-corrected chi connectivity index (χ4v) is 1.45. The van der Waals surface area contributed by atoms with Crippen molar-refractivity contribution >= 4 is 5.97 Å². The third-order valence-electron chi connectivity index (χ3n) is 2.24. The highest BCUT2D eigenvalue weighted by molar-refractivity contribution is 5.65. The Balaban J connectivity index is 2.61. The number of hydrogen-bond donors (Lipinski definition) is 1. The van der Waals surface area contributed by atoms with Crippen LogP contribution in [0.25, 0.3) is 0 Å². The minimum absolute atomic E-state index is 0.0834. The molecule has 1 rings (SSSR count). The molecule has 1 aromatic carbocycles. The molecule has 0 aliphatic heterocycles. The molecule has 0 spiro atoms. The molecule has 0 aromatic heterocycles. The first-order valence-electron chi connectivity index (χ1n) is 5.03. The lowest BCUT2D eigenvalue weighted by atomic mass is 9.97. The number of hydrogen-bond acceptors (Lipinski definition) is 3. The van der Waals surface area contributed by atoms with E-state index in [1.165, 1.54) is 6.92 Å². The number of carbonyl (C=O) groups excluding carboxylic acids is 1. The fourth-order valence-electron chi connectivity index (χ4n) is 1.45. The number of aliphatic hydroxyl groups is 1. The predicted molar refractivity (Wildman–Crippen MR) is 57.5 cm³/mol. The molecule has 0 bridgehead atoms. The quantitative estimate of drug-likeness (QED) is 0.749. The second-order valence-corrected chi connectivity index (χ2v) is 3.42. The Kier molecular flexibility index (Phi) is 4.84. The average Bonchev–Trinajstić information content (AvgIpc) is 2.25. The fraction of sp³-hybridized carbons (Fsp3) is 0.417. The van der Waals surface area contributed by atoms with Crippen LogP contribution in [0.15, 0.2) is 30.3 Å². The van der Waals surface area contributed by atoms with Gasteiger partial charge in [0, 0.05) is 19.4 Å². The Labute approximate surface area is 89.7 Å². The molecule has 0 saturated carbocycles. The van der Waals surface area contributed by atoms with Crippen LogP contribution in [0.2, 0.25) is 0 Å². The smallest absolute Gasteiger partial charge is 0.302 e. The van der Waals surface area contributed by atoms with Crippen LogP contribution < -0.4 is 0 Å². The van der Waals surface area contributed by atoms with E-state index in [1.807, 2.05) is 30.3 Å². The predicted octanol–water partition coefficient (Wildman–Crippen LogP) is 1.72. The van der Waals surface area contributed by atoms with Gasteiger partial charge < -0.3 is 9.84 Å². The zero-order valence-corrected chi connectivity index (χ0v) is 8.85. The van der Waals surface area contributed by atoms with E-state index in [0.717, 1.165) is 5.56 Å². The van der Waals surface area contributed by atoms with Crippen LogP contribution in [-0.4, -0.2) is 24.3 Å². The van der Waals surface area contributed by atoms with Gasteiger partial charge in [-0.25, -0.2) is 0 Å². The summed E-state index contributed by atoms with van der Waals surface area (Å²) in [5.74, 6) is -0.200. The highest BCUT2D eigenvalue weighted by Crippen LogP contribution is 2.19. The minimum atomic E-state index is -0.283. The Morgan fingerprint density at radius 3 is 2.60 bits per heavy atom. The second kappa shape index (κ2) is 6.19. The van der Waals surface area contributed by atoms with Gasteiger partial charge in [0.15, 0.2) is 0 Å². The minimum Gasteiger partial charge on any atom is -0.465 e. The van der Waals surface area contributed by atoms with E-state index >= 15 is 0 Å². The molecule has 1 unspecified atom stereocenters. The summed E-state index contributed by atoms with van der Waals surface area (Å²) in [5, 5.41) is 8.92. The van der Waals surface area contributed by atoms with Gasteiger partial charge >= 0.3 is 5.97 Å². The zero-order valence-electron chi connectivity index (χ0n) is 8.85. The van der Waals surface area contributed by atoms with Crippen molar-refractivity contribution < 1.29 is 14.6 Å². The van der Waals surface area contributed by atoms with E-state index in [2.05, 4.69) is 0 Å². The van der Waals surface area contributed by atoms with Gasteiger partial charge in [0.1, 0.15) is 0 Å². The molecule has 0 aliphatic rings. The normalized spacial score (nSPS) is 12.1. The molecule has 0 saturated heterocycles. The lowest BCUT2D eigenvalue weighted by molar-refractivity contribution is -0.141. The van der Waals surface area contributed by atoms with Gasteiger partial charge in [-0.2, -0.15) is 0 Å². The van der Waals surface area contributed by atoms with Crippen LogP contribution >= 0.6 is 0 Å². The first-order chi connectivity index (χ1) is 7.24. The molecule has 0 amide bonds. The highest BCUT2D eigenvalue weighted by Gasteiger charge is 2.11. The molecule has 1 N–H and O–H groups in total. The summed E-state index contributed by atoms with van der Waals surface area (Å²) in [7, 11) is 0. The summed E-state index contributed by atoms with van der Waals surface area (Å²) in [6.45, 7) is 1.82. The summed E-state index contributed by atoms with van der Waals surface area (Å²) in [6.07, 6.45) is 0.608. The number of benzene rings is 1. The Hall–Kier alpha value is -1.35. The molecule has 1 atom stereocenters. The third kappa shape index (κ3) is 4.13. The number of ether oxygens (including phenoxy) is 1. The first-order valence-corrected chi connectivity index (χ1v) is 5.03. The van der Waals surface area contributed by atoms with Crippen molar-refractivity contribution in [3.63, 3.8) is 0 Å². The van der Waals surface area contributed by atoms with E-state index in [1.54, 1.807) is 0 Å². The SMILES string of the molecule is CC(=O)OCC(CCO)c1ccccc1. The number of aliphatic hydroxyl groups excluding tert-OH is 1. The van der Waals surface area contributed by atoms with Crippen molar-refractivity contribution in [3.8, 4) is 0 Å². The molecule has 3 nitrogen and oxygen atoms in total. The lowest BCUT2D eigenvalue weighted by Gasteiger charge is -2.15. The van der Waals surface area contributed by atoms with Crippen LogP contribution in [-0.2, 0) is 9.53 Å². The van der Waals surface area contributed by atoms with Gasteiger partial charge in [0.25, 0.3) is 0 Å². The molecule has 0 fully saturated rings. The average molecular weight is 208 g/mol. The molecule has 0 radical (unpaired) electrons. The van der Waals surface area contributed by atoms with E-state index in [0.29, 0.717) is 13.0 Å². The summed E-state index contributed by atoms with van der Waals surface area (Å²) in [5.41, 5.74) is 1.09. The first kappa shape index (κ1) is 11.7. The summed E-state index contributed by atoms with van der Waals surface area (Å²) in [4.78, 5) is 10.7. The molecule has 1 aromatic rings. The molecule has 82 valence electrons. The Bertz CT molecular complexity index is 295. The largest absolute Gasteiger partial charge is 0.465 e. The van der Waals surface area contributed by atoms with Crippen molar-refractivity contribution in [3.05, 3.63) is 35.9 Å². The van der Waals surface area contributed by atoms with Crippen LogP contribution in [0.3, 0.4) is 0 Å². The molecule has 15 heavy (non-hydrogen) atoms. The maximum absolute atomic E-state index is 10.7. The molecule has 3 heteroatoms. The highest BCUT2D eigenvalue weighted by atomic mass is 16.5. The maximum Gasteiger partial charge on any atom is 0.302 e. The summed E-state index contributed by atoms with van der Waals surface area (Å²) < 4.78 is 4.96. The van der Waals surface area contributed by atoms with E-state index in [4.69, 9.17) is 9.84 Å². The van der Waals surface area contributed by atoms with Crippen molar-refractivity contribution in [2.24, 2.45) is 0 Å². The molecule has 0 heterocycles. The van der Waals surface area contributed by atoms with Crippen LogP contribution in [0.5, 0.6) is 0 Å². The lowest BCUT2D eigenvalue weighted by Crippen LogP contribution is -2.12. The number of carbonyl (C=O) groups is 1. The van der Waals surface area contributed by atoms with Gasteiger partial charge in [-0.15, -0.1) is 0 Å². The molecular formula is C12H16O3. The molecule has 0 aliphatic carbocycles. The van der Waals surface area contributed by atoms with E-state index in [-0.39, 0.29) is 18.5 Å². The van der Waals surface area contributed by atoms with Gasteiger partial charge in [-0.3, -0.25) is 4.79 Å². The zero-order chi connectivity index (χ0) is 11.1. The van der Waals surface area contributed by atoms with Gasteiger partial charge in [-0.1, -0.05) is 30.3 Å². The van der Waals surface area contributed by atoms with Crippen molar-refractivity contribution in [1.82, 2.24) is 0 Å². The Morgan fingerprint density at radius 1 is 1.40 bits per heavy atom. The standard InChI is InChI=1S/C12H16O3/c1-10(14)15-9-12(7-8-13)11-5-3-2-4-6-11/h2-6,12-13H,7-9H2,1H3. The number of esters is 1. The van der Waals surface area contributed by atoms with Crippen LogP contribution in [0.1, 0.15) is 24.8 Å². The molecular weight excluding hydrogens is 192 g/mol. The Morgan fingerprint density at radius 2 is 2.07 bits per heavy atom. The van der Waals surface area contributed by atoms with Gasteiger partial charge in [0.2, 0.25) is 0 Å². The number of rotatable bonds is 5. The summed E-state index contributed by atoms with van der Waals surface area (Å²) >= 11 is 0. The van der Waals surface area contributed by atoms with Crippen LogP contribution in [0.4, 0.5) is 0 Å². The topological polar surface area (TPSA) is 46.5 Å². The van der Waals surface area contributed by atoms with E-state index in [9.17, 15) is 4.79 Å². The van der Waals surface area contributed by atoms with Crippen molar-refractivity contribution in [1.29, 1.82) is 0 Å². The third-order valence-corrected chi connectivity index (χ3v) is 2.24. The van der Waals surface area contributed by atoms with Crippen molar-refractivity contribution in [2.45, 2.75) is 19.3 Å². The second-order valence-electron chi connectivity index (χ2n) is 3.42. The van der Waals surface area contributed by atoms with Crippen molar-refractivity contribution in [2.75, 3.05) is 13.2 Å². The van der Waals surface area contributed by atoms with Gasteiger partial charge in [-0.05, 0) is 12.0 Å². The van der Waals surface area contributed by atoms with Crippen LogP contribution in [0, 0.1) is 0 Å². The summed E-state index contributed by atoms with van der Waals surface area (Å²) in [6, 6.07) is 9.76.